The predicted molar refractivity (Wildman–Crippen MR) is 91.0 cm³/mol. The maximum Gasteiger partial charge on any atom is 0.292 e. The lowest BCUT2D eigenvalue weighted by Crippen LogP contribution is -2.56. The summed E-state index contributed by atoms with van der Waals surface area (Å²) in [5, 5.41) is 2.84. The summed E-state index contributed by atoms with van der Waals surface area (Å²) in [6.45, 7) is 0.467. The first-order valence-electron chi connectivity index (χ1n) is 9.01. The van der Waals surface area contributed by atoms with Crippen LogP contribution in [0.25, 0.3) is 0 Å². The molecule has 7 heteroatoms. The number of carbonyl (C=O) groups is 2. The third kappa shape index (κ3) is 3.03. The van der Waals surface area contributed by atoms with Gasteiger partial charge in [-0.2, -0.15) is 0 Å². The van der Waals surface area contributed by atoms with Gasteiger partial charge in [0.05, 0.1) is 25.7 Å². The van der Waals surface area contributed by atoms with Crippen molar-refractivity contribution in [3.8, 4) is 0 Å². The van der Waals surface area contributed by atoms with E-state index in [2.05, 4.69) is 5.32 Å². The SMILES string of the molecule is O=C(NCc1ccco1)[C@H]1COC2(CCCCC2)N1C(=O)c1ccco1. The number of rotatable bonds is 4. The van der Waals surface area contributed by atoms with E-state index in [0.717, 1.165) is 32.1 Å². The van der Waals surface area contributed by atoms with E-state index in [-0.39, 0.29) is 30.7 Å². The van der Waals surface area contributed by atoms with Crippen molar-refractivity contribution in [1.29, 1.82) is 0 Å². The van der Waals surface area contributed by atoms with Gasteiger partial charge in [-0.15, -0.1) is 0 Å². The van der Waals surface area contributed by atoms with Gasteiger partial charge in [-0.3, -0.25) is 14.5 Å². The van der Waals surface area contributed by atoms with Crippen molar-refractivity contribution in [2.45, 2.75) is 50.4 Å². The molecule has 0 unspecified atom stereocenters. The zero-order valence-electron chi connectivity index (χ0n) is 14.5. The lowest BCUT2D eigenvalue weighted by Gasteiger charge is -2.41. The second-order valence-electron chi connectivity index (χ2n) is 6.78. The van der Waals surface area contributed by atoms with Crippen molar-refractivity contribution >= 4 is 11.8 Å². The fourth-order valence-corrected chi connectivity index (χ4v) is 3.90. The van der Waals surface area contributed by atoms with Gasteiger partial charge < -0.3 is 18.9 Å². The average Bonchev–Trinajstić information content (AvgIpc) is 3.41. The molecular weight excluding hydrogens is 336 g/mol. The van der Waals surface area contributed by atoms with E-state index in [0.29, 0.717) is 5.76 Å². The molecule has 4 rings (SSSR count). The Morgan fingerprint density at radius 1 is 1.12 bits per heavy atom. The molecule has 26 heavy (non-hydrogen) atoms. The molecule has 2 aromatic heterocycles. The maximum absolute atomic E-state index is 13.1. The van der Waals surface area contributed by atoms with Crippen molar-refractivity contribution in [1.82, 2.24) is 10.2 Å². The second-order valence-corrected chi connectivity index (χ2v) is 6.78. The van der Waals surface area contributed by atoms with E-state index < -0.39 is 11.8 Å². The van der Waals surface area contributed by atoms with Crippen molar-refractivity contribution in [3.05, 3.63) is 48.3 Å². The highest BCUT2D eigenvalue weighted by molar-refractivity contribution is 5.96. The summed E-state index contributed by atoms with van der Waals surface area (Å²) in [4.78, 5) is 27.5. The Kier molecular flexibility index (Phi) is 4.55. The van der Waals surface area contributed by atoms with E-state index in [1.165, 1.54) is 6.26 Å². The maximum atomic E-state index is 13.1. The Balaban J connectivity index is 1.56. The van der Waals surface area contributed by atoms with E-state index in [4.69, 9.17) is 13.6 Å². The molecule has 2 fully saturated rings. The van der Waals surface area contributed by atoms with Crippen molar-refractivity contribution in [2.75, 3.05) is 6.61 Å². The van der Waals surface area contributed by atoms with Crippen LogP contribution in [0, 0.1) is 0 Å². The zero-order valence-corrected chi connectivity index (χ0v) is 14.5. The normalized spacial score (nSPS) is 21.8. The van der Waals surface area contributed by atoms with Crippen LogP contribution in [0.5, 0.6) is 0 Å². The molecule has 2 aliphatic rings. The van der Waals surface area contributed by atoms with Crippen LogP contribution < -0.4 is 5.32 Å². The topological polar surface area (TPSA) is 84.9 Å². The standard InChI is InChI=1S/C19H22N2O5/c22-17(20-12-14-6-4-10-24-14)15-13-26-19(8-2-1-3-9-19)21(15)18(23)16-7-5-11-25-16/h4-7,10-11,15H,1-3,8-9,12-13H2,(H,20,22)/t15-/m1/s1. The molecule has 138 valence electrons. The number of carbonyl (C=O) groups excluding carboxylic acids is 2. The highest BCUT2D eigenvalue weighted by atomic mass is 16.5. The number of ether oxygens (including phenoxy) is 1. The molecule has 0 bridgehead atoms. The van der Waals surface area contributed by atoms with E-state index in [1.807, 2.05) is 0 Å². The van der Waals surface area contributed by atoms with Crippen molar-refractivity contribution in [2.24, 2.45) is 0 Å². The number of nitrogens with one attached hydrogen (secondary N) is 1. The summed E-state index contributed by atoms with van der Waals surface area (Å²) in [5.41, 5.74) is -0.713. The Morgan fingerprint density at radius 3 is 2.58 bits per heavy atom. The van der Waals surface area contributed by atoms with Gasteiger partial charge in [0.1, 0.15) is 17.5 Å². The third-order valence-electron chi connectivity index (χ3n) is 5.17. The van der Waals surface area contributed by atoms with E-state index in [1.54, 1.807) is 35.4 Å². The highest BCUT2D eigenvalue weighted by Gasteiger charge is 2.53. The number of nitrogens with zero attached hydrogens (tertiary/aromatic N) is 1. The molecule has 1 saturated heterocycles. The third-order valence-corrected chi connectivity index (χ3v) is 5.17. The van der Waals surface area contributed by atoms with Crippen LogP contribution in [-0.2, 0) is 16.1 Å². The first-order valence-corrected chi connectivity index (χ1v) is 9.01. The van der Waals surface area contributed by atoms with Gasteiger partial charge >= 0.3 is 0 Å². The monoisotopic (exact) mass is 358 g/mol. The Morgan fingerprint density at radius 2 is 1.88 bits per heavy atom. The minimum Gasteiger partial charge on any atom is -0.467 e. The van der Waals surface area contributed by atoms with Gasteiger partial charge in [0.2, 0.25) is 5.91 Å². The quantitative estimate of drug-likeness (QED) is 0.908. The fourth-order valence-electron chi connectivity index (χ4n) is 3.90. The molecule has 0 aromatic carbocycles. The highest BCUT2D eigenvalue weighted by Crippen LogP contribution is 2.41. The summed E-state index contributed by atoms with van der Waals surface area (Å²) in [6, 6.07) is 6.17. The van der Waals surface area contributed by atoms with Crippen molar-refractivity contribution in [3.63, 3.8) is 0 Å². The van der Waals surface area contributed by atoms with Gasteiger partial charge in [-0.05, 0) is 49.9 Å². The van der Waals surface area contributed by atoms with Crippen molar-refractivity contribution < 1.29 is 23.2 Å². The Labute approximate surface area is 151 Å². The number of hydrogen-bond acceptors (Lipinski definition) is 5. The molecule has 1 N–H and O–H groups in total. The summed E-state index contributed by atoms with van der Waals surface area (Å²) in [6.07, 6.45) is 7.56. The summed E-state index contributed by atoms with van der Waals surface area (Å²) >= 11 is 0. The smallest absolute Gasteiger partial charge is 0.292 e. The van der Waals surface area contributed by atoms with Crippen LogP contribution >= 0.6 is 0 Å². The first-order chi connectivity index (χ1) is 12.7. The summed E-state index contributed by atoms with van der Waals surface area (Å²) in [5.74, 6) is 0.342. The summed E-state index contributed by atoms with van der Waals surface area (Å²) < 4.78 is 16.6. The fraction of sp³-hybridized carbons (Fsp3) is 0.474. The first kappa shape index (κ1) is 16.9. The van der Waals surface area contributed by atoms with Crippen LogP contribution in [0.15, 0.2) is 45.6 Å². The second kappa shape index (κ2) is 6.99. The summed E-state index contributed by atoms with van der Waals surface area (Å²) in [7, 11) is 0. The van der Waals surface area contributed by atoms with Gasteiger partial charge in [-0.25, -0.2) is 0 Å². The molecule has 0 radical (unpaired) electrons. The average molecular weight is 358 g/mol. The van der Waals surface area contributed by atoms with Crippen LogP contribution in [0.3, 0.4) is 0 Å². The lowest BCUT2D eigenvalue weighted by molar-refractivity contribution is -0.127. The number of amides is 2. The molecule has 1 saturated carbocycles. The molecule has 2 amide bonds. The number of furan rings is 2. The molecular formula is C19H22N2O5. The lowest BCUT2D eigenvalue weighted by atomic mass is 9.90. The molecule has 1 spiro atoms. The van der Waals surface area contributed by atoms with Gasteiger partial charge in [0, 0.05) is 0 Å². The minimum absolute atomic E-state index is 0.191. The van der Waals surface area contributed by atoms with Crippen LogP contribution in [0.4, 0.5) is 0 Å². The molecule has 1 aliphatic heterocycles. The van der Waals surface area contributed by atoms with Gasteiger partial charge in [0.15, 0.2) is 5.76 Å². The Bertz CT molecular complexity index is 747. The van der Waals surface area contributed by atoms with E-state index >= 15 is 0 Å². The van der Waals surface area contributed by atoms with E-state index in [9.17, 15) is 9.59 Å². The predicted octanol–water partition coefficient (Wildman–Crippen LogP) is 2.69. The molecule has 3 heterocycles. The zero-order chi connectivity index (χ0) is 18.0. The van der Waals surface area contributed by atoms with Crippen LogP contribution in [0.2, 0.25) is 0 Å². The molecule has 7 nitrogen and oxygen atoms in total. The van der Waals surface area contributed by atoms with Gasteiger partial charge in [-0.1, -0.05) is 6.42 Å². The van der Waals surface area contributed by atoms with Crippen LogP contribution in [0.1, 0.15) is 48.4 Å². The molecule has 2 aromatic rings. The van der Waals surface area contributed by atoms with Crippen LogP contribution in [-0.4, -0.2) is 35.1 Å². The number of hydrogen-bond donors (Lipinski definition) is 1. The molecule has 1 atom stereocenters. The largest absolute Gasteiger partial charge is 0.467 e. The Hall–Kier alpha value is -2.54. The molecule has 1 aliphatic carbocycles. The minimum atomic E-state index is -0.713. The van der Waals surface area contributed by atoms with Gasteiger partial charge in [0.25, 0.3) is 5.91 Å².